The molecule has 0 saturated carbocycles. The number of piperidine rings is 1. The molecule has 3 rings (SSSR count). The number of nitrogens with zero attached hydrogens (tertiary/aromatic N) is 1. The van der Waals surface area contributed by atoms with E-state index in [-0.39, 0.29) is 17.6 Å². The van der Waals surface area contributed by atoms with Crippen molar-refractivity contribution in [2.45, 2.75) is 32.2 Å². The molecule has 1 aliphatic rings. The number of benzene rings is 1. The number of furan rings is 1. The number of amides is 2. The SMILES string of the molecule is CC(=O)Nc1ccc(OC(=O)C2CCCCN2C(=O)c2ccco2)cc1. The molecule has 1 aliphatic heterocycles. The molecule has 2 amide bonds. The van der Waals surface area contributed by atoms with Gasteiger partial charge in [0.05, 0.1) is 6.26 Å². The van der Waals surface area contributed by atoms with Gasteiger partial charge < -0.3 is 19.4 Å². The molecule has 2 aromatic rings. The molecule has 7 heteroatoms. The van der Waals surface area contributed by atoms with Gasteiger partial charge in [0, 0.05) is 19.2 Å². The molecule has 1 unspecified atom stereocenters. The summed E-state index contributed by atoms with van der Waals surface area (Å²) in [5.41, 5.74) is 0.615. The molecular weight excluding hydrogens is 336 g/mol. The predicted octanol–water partition coefficient (Wildman–Crippen LogP) is 2.84. The maximum atomic E-state index is 12.6. The largest absolute Gasteiger partial charge is 0.459 e. The lowest BCUT2D eigenvalue weighted by Gasteiger charge is -2.33. The smallest absolute Gasteiger partial charge is 0.334 e. The fourth-order valence-electron chi connectivity index (χ4n) is 2.96. The molecule has 1 atom stereocenters. The molecule has 1 fully saturated rings. The van der Waals surface area contributed by atoms with Crippen LogP contribution in [-0.4, -0.2) is 35.3 Å². The number of esters is 1. The molecule has 1 aromatic heterocycles. The summed E-state index contributed by atoms with van der Waals surface area (Å²) in [5, 5.41) is 2.64. The van der Waals surface area contributed by atoms with Crippen molar-refractivity contribution in [3.8, 4) is 5.75 Å². The number of ether oxygens (including phenoxy) is 1. The van der Waals surface area contributed by atoms with Crippen LogP contribution in [0.4, 0.5) is 5.69 Å². The summed E-state index contributed by atoms with van der Waals surface area (Å²) in [7, 11) is 0. The molecule has 0 aliphatic carbocycles. The lowest BCUT2D eigenvalue weighted by Crippen LogP contribution is -2.49. The van der Waals surface area contributed by atoms with Crippen molar-refractivity contribution >= 4 is 23.5 Å². The van der Waals surface area contributed by atoms with Crippen LogP contribution in [0.1, 0.15) is 36.7 Å². The Hall–Kier alpha value is -3.09. The molecule has 1 N–H and O–H groups in total. The van der Waals surface area contributed by atoms with Crippen molar-refractivity contribution in [3.63, 3.8) is 0 Å². The van der Waals surface area contributed by atoms with E-state index in [0.717, 1.165) is 12.8 Å². The van der Waals surface area contributed by atoms with E-state index in [1.165, 1.54) is 18.1 Å². The van der Waals surface area contributed by atoms with Crippen LogP contribution in [0.25, 0.3) is 0 Å². The molecule has 1 saturated heterocycles. The van der Waals surface area contributed by atoms with Gasteiger partial charge in [0.15, 0.2) is 5.76 Å². The zero-order valence-corrected chi connectivity index (χ0v) is 14.4. The fraction of sp³-hybridized carbons (Fsp3) is 0.316. The maximum absolute atomic E-state index is 12.6. The van der Waals surface area contributed by atoms with Crippen molar-refractivity contribution < 1.29 is 23.5 Å². The van der Waals surface area contributed by atoms with E-state index in [9.17, 15) is 14.4 Å². The Bertz CT molecular complexity index is 783. The normalized spacial score (nSPS) is 16.8. The number of hydrogen-bond donors (Lipinski definition) is 1. The first-order chi connectivity index (χ1) is 12.5. The van der Waals surface area contributed by atoms with Crippen LogP contribution in [0, 0.1) is 0 Å². The molecule has 2 heterocycles. The number of likely N-dealkylation sites (tertiary alicyclic amines) is 1. The molecule has 136 valence electrons. The van der Waals surface area contributed by atoms with Crippen molar-refractivity contribution in [3.05, 3.63) is 48.4 Å². The van der Waals surface area contributed by atoms with Crippen molar-refractivity contribution in [1.29, 1.82) is 0 Å². The summed E-state index contributed by atoms with van der Waals surface area (Å²) in [6.07, 6.45) is 3.67. The van der Waals surface area contributed by atoms with Crippen molar-refractivity contribution in [2.75, 3.05) is 11.9 Å². The minimum atomic E-state index is -0.642. The van der Waals surface area contributed by atoms with Crippen LogP contribution < -0.4 is 10.1 Å². The number of hydrogen-bond acceptors (Lipinski definition) is 5. The van der Waals surface area contributed by atoms with Gasteiger partial charge in [-0.3, -0.25) is 9.59 Å². The molecule has 0 spiro atoms. The monoisotopic (exact) mass is 356 g/mol. The summed E-state index contributed by atoms with van der Waals surface area (Å²) in [6, 6.07) is 9.08. The van der Waals surface area contributed by atoms with E-state index in [0.29, 0.717) is 24.4 Å². The van der Waals surface area contributed by atoms with Gasteiger partial charge >= 0.3 is 5.97 Å². The first-order valence-electron chi connectivity index (χ1n) is 8.48. The van der Waals surface area contributed by atoms with Gasteiger partial charge in [0.1, 0.15) is 11.8 Å². The van der Waals surface area contributed by atoms with Crippen molar-refractivity contribution in [1.82, 2.24) is 4.90 Å². The van der Waals surface area contributed by atoms with Gasteiger partial charge in [-0.15, -0.1) is 0 Å². The van der Waals surface area contributed by atoms with Gasteiger partial charge in [-0.25, -0.2) is 4.79 Å². The molecular formula is C19H20N2O5. The summed E-state index contributed by atoms with van der Waals surface area (Å²) < 4.78 is 10.6. The van der Waals surface area contributed by atoms with E-state index in [2.05, 4.69) is 5.32 Å². The third-order valence-corrected chi connectivity index (χ3v) is 4.16. The van der Waals surface area contributed by atoms with E-state index in [4.69, 9.17) is 9.15 Å². The first kappa shape index (κ1) is 17.7. The highest BCUT2D eigenvalue weighted by molar-refractivity contribution is 5.95. The summed E-state index contributed by atoms with van der Waals surface area (Å²) in [4.78, 5) is 37.7. The highest BCUT2D eigenvalue weighted by Crippen LogP contribution is 2.23. The van der Waals surface area contributed by atoms with Crippen LogP contribution in [0.15, 0.2) is 47.1 Å². The summed E-state index contributed by atoms with van der Waals surface area (Å²) in [6.45, 7) is 1.91. The number of nitrogens with one attached hydrogen (secondary N) is 1. The van der Waals surface area contributed by atoms with Crippen molar-refractivity contribution in [2.24, 2.45) is 0 Å². The quantitative estimate of drug-likeness (QED) is 0.672. The Kier molecular flexibility index (Phi) is 5.36. The van der Waals surface area contributed by atoms with E-state index < -0.39 is 12.0 Å². The second kappa shape index (κ2) is 7.86. The topological polar surface area (TPSA) is 88.9 Å². The molecule has 0 radical (unpaired) electrons. The van der Waals surface area contributed by atoms with Crippen LogP contribution in [0.3, 0.4) is 0 Å². The second-order valence-electron chi connectivity index (χ2n) is 6.11. The Labute approximate surface area is 150 Å². The first-order valence-corrected chi connectivity index (χ1v) is 8.48. The highest BCUT2D eigenvalue weighted by atomic mass is 16.5. The number of rotatable bonds is 4. The van der Waals surface area contributed by atoms with Crippen LogP contribution in [0.5, 0.6) is 5.75 Å². The van der Waals surface area contributed by atoms with Gasteiger partial charge in [0.2, 0.25) is 5.91 Å². The highest BCUT2D eigenvalue weighted by Gasteiger charge is 2.35. The second-order valence-corrected chi connectivity index (χ2v) is 6.11. The van der Waals surface area contributed by atoms with Crippen LogP contribution in [0.2, 0.25) is 0 Å². The van der Waals surface area contributed by atoms with Crippen LogP contribution >= 0.6 is 0 Å². The number of carbonyl (C=O) groups excluding carboxylic acids is 3. The number of anilines is 1. The molecule has 1 aromatic carbocycles. The predicted molar refractivity (Wildman–Crippen MR) is 93.8 cm³/mol. The Morgan fingerprint density at radius 3 is 2.58 bits per heavy atom. The van der Waals surface area contributed by atoms with Gasteiger partial charge in [-0.1, -0.05) is 0 Å². The Morgan fingerprint density at radius 2 is 1.92 bits per heavy atom. The van der Waals surface area contributed by atoms with Gasteiger partial charge in [-0.2, -0.15) is 0 Å². The molecule has 0 bridgehead atoms. The Balaban J connectivity index is 1.68. The summed E-state index contributed by atoms with van der Waals surface area (Å²) >= 11 is 0. The van der Waals surface area contributed by atoms with Gasteiger partial charge in [-0.05, 0) is 55.7 Å². The average Bonchev–Trinajstić information content (AvgIpc) is 3.17. The van der Waals surface area contributed by atoms with Crippen LogP contribution in [-0.2, 0) is 9.59 Å². The zero-order chi connectivity index (χ0) is 18.5. The zero-order valence-electron chi connectivity index (χ0n) is 14.4. The molecule has 7 nitrogen and oxygen atoms in total. The maximum Gasteiger partial charge on any atom is 0.334 e. The van der Waals surface area contributed by atoms with E-state index in [1.807, 2.05) is 0 Å². The lowest BCUT2D eigenvalue weighted by atomic mass is 10.0. The summed E-state index contributed by atoms with van der Waals surface area (Å²) in [5.74, 6) is -0.386. The minimum absolute atomic E-state index is 0.177. The van der Waals surface area contributed by atoms with Gasteiger partial charge in [0.25, 0.3) is 5.91 Å². The molecule has 26 heavy (non-hydrogen) atoms. The third kappa shape index (κ3) is 4.11. The minimum Gasteiger partial charge on any atom is -0.459 e. The Morgan fingerprint density at radius 1 is 1.15 bits per heavy atom. The standard InChI is InChI=1S/C19H20N2O5/c1-13(22)20-14-7-9-15(10-8-14)26-19(24)16-5-2-3-11-21(16)18(23)17-6-4-12-25-17/h4,6-10,12,16H,2-3,5,11H2,1H3,(H,20,22). The average molecular weight is 356 g/mol. The lowest BCUT2D eigenvalue weighted by molar-refractivity contribution is -0.140. The number of carbonyl (C=O) groups is 3. The fourth-order valence-corrected chi connectivity index (χ4v) is 2.96. The third-order valence-electron chi connectivity index (χ3n) is 4.16. The van der Waals surface area contributed by atoms with E-state index in [1.54, 1.807) is 36.4 Å². The van der Waals surface area contributed by atoms with E-state index >= 15 is 0 Å².